The van der Waals surface area contributed by atoms with E-state index in [1.807, 2.05) is 32.6 Å². The van der Waals surface area contributed by atoms with Gasteiger partial charge in [0.05, 0.1) is 5.92 Å². The highest BCUT2D eigenvalue weighted by Gasteiger charge is 2.33. The van der Waals surface area contributed by atoms with Crippen LogP contribution < -0.4 is 5.32 Å². The lowest BCUT2D eigenvalue weighted by atomic mass is 9.91. The molecule has 2 amide bonds. The van der Waals surface area contributed by atoms with Gasteiger partial charge in [0.2, 0.25) is 11.8 Å². The van der Waals surface area contributed by atoms with Crippen molar-refractivity contribution in [3.63, 3.8) is 0 Å². The molecule has 2 N–H and O–H groups in total. The van der Waals surface area contributed by atoms with Crippen LogP contribution in [-0.2, 0) is 9.59 Å². The molecule has 0 aromatic heterocycles. The Morgan fingerprint density at radius 1 is 1.38 bits per heavy atom. The van der Waals surface area contributed by atoms with Crippen LogP contribution in [0, 0.1) is 17.3 Å². The normalized spacial score (nSPS) is 21.0. The topological polar surface area (TPSA) is 69.6 Å². The summed E-state index contributed by atoms with van der Waals surface area (Å²) in [5.41, 5.74) is -0.395. The van der Waals surface area contributed by atoms with E-state index in [0.29, 0.717) is 19.5 Å². The van der Waals surface area contributed by atoms with E-state index in [9.17, 15) is 9.59 Å². The van der Waals surface area contributed by atoms with Crippen molar-refractivity contribution in [3.05, 3.63) is 0 Å². The molecule has 0 saturated carbocycles. The number of amides is 2. The van der Waals surface area contributed by atoms with Gasteiger partial charge in [-0.05, 0) is 25.2 Å². The average molecular weight is 298 g/mol. The fourth-order valence-electron chi connectivity index (χ4n) is 2.59. The van der Waals surface area contributed by atoms with Crippen molar-refractivity contribution in [2.24, 2.45) is 17.3 Å². The second-order valence-corrected chi connectivity index (χ2v) is 7.20. The number of piperidine rings is 1. The fraction of sp³-hybridized carbons (Fsp3) is 0.875. The minimum Gasteiger partial charge on any atom is -0.396 e. The molecule has 1 aliphatic heterocycles. The van der Waals surface area contributed by atoms with E-state index in [1.54, 1.807) is 0 Å². The molecule has 1 rings (SSSR count). The molecule has 2 unspecified atom stereocenters. The Bertz CT molecular complexity index is 363. The Labute approximate surface area is 128 Å². The van der Waals surface area contributed by atoms with E-state index in [4.69, 9.17) is 5.11 Å². The quantitative estimate of drug-likeness (QED) is 0.806. The molecule has 1 fully saturated rings. The van der Waals surface area contributed by atoms with Gasteiger partial charge in [-0.25, -0.2) is 0 Å². The van der Waals surface area contributed by atoms with Crippen molar-refractivity contribution >= 4 is 11.8 Å². The molecule has 1 aliphatic rings. The minimum absolute atomic E-state index is 0.0335. The van der Waals surface area contributed by atoms with Gasteiger partial charge in [-0.2, -0.15) is 0 Å². The van der Waals surface area contributed by atoms with Gasteiger partial charge in [0, 0.05) is 31.7 Å². The number of nitrogens with one attached hydrogen (secondary N) is 1. The second-order valence-electron chi connectivity index (χ2n) is 7.20. The Morgan fingerprint density at radius 2 is 2.05 bits per heavy atom. The van der Waals surface area contributed by atoms with Crippen molar-refractivity contribution in [1.82, 2.24) is 10.2 Å². The highest BCUT2D eigenvalue weighted by atomic mass is 16.3. The SMILES string of the molecule is CC(CCO)CNC(=O)C1CCCN(C(=O)C(C)(C)C)C1. The molecule has 5 nitrogen and oxygen atoms in total. The summed E-state index contributed by atoms with van der Waals surface area (Å²) < 4.78 is 0. The van der Waals surface area contributed by atoms with Crippen molar-refractivity contribution in [2.75, 3.05) is 26.2 Å². The molecule has 0 radical (unpaired) electrons. The first-order valence-corrected chi connectivity index (χ1v) is 7.93. The third kappa shape index (κ3) is 5.65. The number of hydrogen-bond acceptors (Lipinski definition) is 3. The number of aliphatic hydroxyl groups excluding tert-OH is 1. The fourth-order valence-corrected chi connectivity index (χ4v) is 2.59. The van der Waals surface area contributed by atoms with Gasteiger partial charge in [0.25, 0.3) is 0 Å². The lowest BCUT2D eigenvalue weighted by molar-refractivity contribution is -0.142. The number of nitrogens with zero attached hydrogens (tertiary/aromatic N) is 1. The molecule has 0 spiro atoms. The number of likely N-dealkylation sites (tertiary alicyclic amines) is 1. The minimum atomic E-state index is -0.395. The zero-order valence-electron chi connectivity index (χ0n) is 13.8. The van der Waals surface area contributed by atoms with Crippen molar-refractivity contribution in [1.29, 1.82) is 0 Å². The summed E-state index contributed by atoms with van der Waals surface area (Å²) in [6.45, 7) is 9.75. The summed E-state index contributed by atoms with van der Waals surface area (Å²) >= 11 is 0. The van der Waals surface area contributed by atoms with E-state index in [2.05, 4.69) is 5.32 Å². The highest BCUT2D eigenvalue weighted by Crippen LogP contribution is 2.23. The smallest absolute Gasteiger partial charge is 0.227 e. The standard InChI is InChI=1S/C16H30N2O3/c1-12(7-9-19)10-17-14(20)13-6-5-8-18(11-13)15(21)16(2,3)4/h12-13,19H,5-11H2,1-4H3,(H,17,20). The molecular weight excluding hydrogens is 268 g/mol. The van der Waals surface area contributed by atoms with Crippen LogP contribution in [0.15, 0.2) is 0 Å². The maximum atomic E-state index is 12.3. The number of aliphatic hydroxyl groups is 1. The molecule has 0 aromatic carbocycles. The van der Waals surface area contributed by atoms with Crippen LogP contribution in [0.5, 0.6) is 0 Å². The van der Waals surface area contributed by atoms with Gasteiger partial charge in [-0.15, -0.1) is 0 Å². The van der Waals surface area contributed by atoms with Crippen molar-refractivity contribution < 1.29 is 14.7 Å². The van der Waals surface area contributed by atoms with Crippen LogP contribution in [0.3, 0.4) is 0 Å². The Hall–Kier alpha value is -1.10. The zero-order valence-corrected chi connectivity index (χ0v) is 13.8. The van der Waals surface area contributed by atoms with E-state index in [-0.39, 0.29) is 30.3 Å². The summed E-state index contributed by atoms with van der Waals surface area (Å²) in [5, 5.41) is 11.8. The second kappa shape index (κ2) is 7.78. The molecule has 122 valence electrons. The van der Waals surface area contributed by atoms with Gasteiger partial charge >= 0.3 is 0 Å². The lowest BCUT2D eigenvalue weighted by Crippen LogP contribution is -2.49. The van der Waals surface area contributed by atoms with Crippen LogP contribution in [-0.4, -0.2) is 48.1 Å². The monoisotopic (exact) mass is 298 g/mol. The number of carbonyl (C=O) groups excluding carboxylic acids is 2. The molecular formula is C16H30N2O3. The number of hydrogen-bond donors (Lipinski definition) is 2. The largest absolute Gasteiger partial charge is 0.396 e. The molecule has 0 aliphatic carbocycles. The van der Waals surface area contributed by atoms with Gasteiger partial charge < -0.3 is 15.3 Å². The predicted octanol–water partition coefficient (Wildman–Crippen LogP) is 1.41. The molecule has 5 heteroatoms. The third-order valence-electron chi connectivity index (χ3n) is 3.97. The summed E-state index contributed by atoms with van der Waals surface area (Å²) in [6, 6.07) is 0. The van der Waals surface area contributed by atoms with Crippen molar-refractivity contribution in [3.8, 4) is 0 Å². The van der Waals surface area contributed by atoms with Crippen LogP contribution in [0.4, 0.5) is 0 Å². The summed E-state index contributed by atoms with van der Waals surface area (Å²) in [5.74, 6) is 0.320. The van der Waals surface area contributed by atoms with E-state index in [0.717, 1.165) is 19.4 Å². The number of rotatable bonds is 5. The Balaban J connectivity index is 2.48. The average Bonchev–Trinajstić information content (AvgIpc) is 2.43. The molecule has 1 saturated heterocycles. The predicted molar refractivity (Wildman–Crippen MR) is 82.6 cm³/mol. The van der Waals surface area contributed by atoms with Crippen molar-refractivity contribution in [2.45, 2.75) is 47.0 Å². The Kier molecular flexibility index (Phi) is 6.65. The molecule has 0 bridgehead atoms. The van der Waals surface area contributed by atoms with Gasteiger partial charge in [0.1, 0.15) is 0 Å². The highest BCUT2D eigenvalue weighted by molar-refractivity contribution is 5.83. The molecule has 0 aromatic rings. The first kappa shape index (κ1) is 18.0. The number of carbonyl (C=O) groups is 2. The summed E-state index contributed by atoms with van der Waals surface area (Å²) in [6.07, 6.45) is 2.42. The zero-order chi connectivity index (χ0) is 16.0. The van der Waals surface area contributed by atoms with Gasteiger partial charge in [-0.3, -0.25) is 9.59 Å². The van der Waals surface area contributed by atoms with Crippen LogP contribution >= 0.6 is 0 Å². The molecule has 21 heavy (non-hydrogen) atoms. The van der Waals surface area contributed by atoms with Gasteiger partial charge in [0.15, 0.2) is 0 Å². The first-order chi connectivity index (χ1) is 9.75. The van der Waals surface area contributed by atoms with Crippen LogP contribution in [0.25, 0.3) is 0 Å². The van der Waals surface area contributed by atoms with E-state index in [1.165, 1.54) is 0 Å². The van der Waals surface area contributed by atoms with E-state index < -0.39 is 5.41 Å². The van der Waals surface area contributed by atoms with Gasteiger partial charge in [-0.1, -0.05) is 27.7 Å². The maximum Gasteiger partial charge on any atom is 0.227 e. The van der Waals surface area contributed by atoms with Crippen LogP contribution in [0.1, 0.15) is 47.0 Å². The molecule has 1 heterocycles. The lowest BCUT2D eigenvalue weighted by Gasteiger charge is -2.36. The third-order valence-corrected chi connectivity index (χ3v) is 3.97. The molecule has 2 atom stereocenters. The van der Waals surface area contributed by atoms with Crippen LogP contribution in [0.2, 0.25) is 0 Å². The van der Waals surface area contributed by atoms with E-state index >= 15 is 0 Å². The summed E-state index contributed by atoms with van der Waals surface area (Å²) in [4.78, 5) is 26.3. The Morgan fingerprint density at radius 3 is 2.62 bits per heavy atom. The first-order valence-electron chi connectivity index (χ1n) is 7.93. The maximum absolute atomic E-state index is 12.3. The summed E-state index contributed by atoms with van der Waals surface area (Å²) in [7, 11) is 0.